The first kappa shape index (κ1) is 9.79. The van der Waals surface area contributed by atoms with E-state index in [0.717, 1.165) is 6.61 Å². The molecule has 0 aromatic carbocycles. The van der Waals surface area contributed by atoms with Gasteiger partial charge in [0.15, 0.2) is 0 Å². The zero-order chi connectivity index (χ0) is 9.03. The largest absolute Gasteiger partial charge is 0.374 e. The molecule has 0 N–H and O–H groups in total. The van der Waals surface area contributed by atoms with Crippen LogP contribution in [0.2, 0.25) is 0 Å². The zero-order valence-corrected chi connectivity index (χ0v) is 8.47. The summed E-state index contributed by atoms with van der Waals surface area (Å²) in [5, 5.41) is 0. The molecule has 1 aliphatic carbocycles. The van der Waals surface area contributed by atoms with Crippen LogP contribution in [-0.4, -0.2) is 12.7 Å². The van der Waals surface area contributed by atoms with Crippen molar-refractivity contribution in [2.45, 2.75) is 46.1 Å². The molecule has 0 saturated carbocycles. The van der Waals surface area contributed by atoms with Crippen molar-refractivity contribution in [3.8, 4) is 0 Å². The van der Waals surface area contributed by atoms with Gasteiger partial charge in [0, 0.05) is 0 Å². The molecule has 1 heteroatoms. The highest BCUT2D eigenvalue weighted by Gasteiger charge is 2.14. The molecular formula is C11H20O. The fraction of sp³-hybridized carbons (Fsp3) is 0.818. The highest BCUT2D eigenvalue weighted by atomic mass is 16.5. The van der Waals surface area contributed by atoms with Gasteiger partial charge in [-0.15, -0.1) is 0 Å². The highest BCUT2D eigenvalue weighted by Crippen LogP contribution is 2.18. The van der Waals surface area contributed by atoms with E-state index in [1.54, 1.807) is 0 Å². The van der Waals surface area contributed by atoms with Crippen LogP contribution in [0.1, 0.15) is 40.0 Å². The molecule has 0 amide bonds. The van der Waals surface area contributed by atoms with E-state index in [0.29, 0.717) is 11.5 Å². The van der Waals surface area contributed by atoms with Crippen molar-refractivity contribution in [2.75, 3.05) is 6.61 Å². The monoisotopic (exact) mass is 168 g/mol. The van der Waals surface area contributed by atoms with Gasteiger partial charge in [-0.1, -0.05) is 32.9 Å². The molecule has 1 aliphatic rings. The predicted molar refractivity (Wildman–Crippen MR) is 52.2 cm³/mol. The van der Waals surface area contributed by atoms with Gasteiger partial charge in [-0.05, 0) is 24.7 Å². The molecule has 0 spiro atoms. The van der Waals surface area contributed by atoms with Gasteiger partial charge in [-0.25, -0.2) is 0 Å². The maximum atomic E-state index is 5.76. The van der Waals surface area contributed by atoms with Gasteiger partial charge in [0.05, 0.1) is 12.7 Å². The third-order valence-electron chi connectivity index (χ3n) is 1.94. The Morgan fingerprint density at radius 2 is 2.17 bits per heavy atom. The molecule has 0 bridgehead atoms. The van der Waals surface area contributed by atoms with Crippen LogP contribution in [0.3, 0.4) is 0 Å². The summed E-state index contributed by atoms with van der Waals surface area (Å²) in [4.78, 5) is 0. The molecule has 1 nitrogen and oxygen atoms in total. The summed E-state index contributed by atoms with van der Waals surface area (Å²) in [6.07, 6.45) is 8.54. The molecule has 0 aromatic heterocycles. The van der Waals surface area contributed by atoms with Crippen molar-refractivity contribution in [3.05, 3.63) is 12.2 Å². The minimum absolute atomic E-state index is 0.297. The molecule has 0 saturated heterocycles. The van der Waals surface area contributed by atoms with E-state index in [9.17, 15) is 0 Å². The zero-order valence-electron chi connectivity index (χ0n) is 8.47. The molecule has 1 unspecified atom stereocenters. The van der Waals surface area contributed by atoms with E-state index in [4.69, 9.17) is 4.74 Å². The van der Waals surface area contributed by atoms with E-state index in [-0.39, 0.29) is 0 Å². The Bertz CT molecular complexity index is 153. The first-order valence-electron chi connectivity index (χ1n) is 4.86. The third-order valence-corrected chi connectivity index (χ3v) is 1.94. The van der Waals surface area contributed by atoms with E-state index in [2.05, 4.69) is 32.9 Å². The molecular weight excluding hydrogens is 148 g/mol. The van der Waals surface area contributed by atoms with Gasteiger partial charge >= 0.3 is 0 Å². The average Bonchev–Trinajstić information content (AvgIpc) is 2.02. The maximum Gasteiger partial charge on any atom is 0.0756 e. The summed E-state index contributed by atoms with van der Waals surface area (Å²) in [5.74, 6) is 0. The number of allylic oxidation sites excluding steroid dienone is 1. The fourth-order valence-electron chi connectivity index (χ4n) is 1.28. The topological polar surface area (TPSA) is 9.23 Å². The van der Waals surface area contributed by atoms with Crippen molar-refractivity contribution in [1.29, 1.82) is 0 Å². The van der Waals surface area contributed by atoms with E-state index >= 15 is 0 Å². The Morgan fingerprint density at radius 3 is 2.67 bits per heavy atom. The van der Waals surface area contributed by atoms with Crippen molar-refractivity contribution in [1.82, 2.24) is 0 Å². The van der Waals surface area contributed by atoms with E-state index in [1.165, 1.54) is 19.3 Å². The molecule has 70 valence electrons. The second-order valence-corrected chi connectivity index (χ2v) is 4.77. The van der Waals surface area contributed by atoms with Gasteiger partial charge < -0.3 is 4.74 Å². The van der Waals surface area contributed by atoms with Crippen molar-refractivity contribution in [2.24, 2.45) is 5.41 Å². The minimum Gasteiger partial charge on any atom is -0.374 e. The Kier molecular flexibility index (Phi) is 3.33. The number of hydrogen-bond acceptors (Lipinski definition) is 1. The van der Waals surface area contributed by atoms with E-state index < -0.39 is 0 Å². The number of hydrogen-bond donors (Lipinski definition) is 0. The summed E-state index contributed by atoms with van der Waals surface area (Å²) in [5.41, 5.74) is 0.297. The molecule has 0 radical (unpaired) electrons. The van der Waals surface area contributed by atoms with Crippen LogP contribution in [0.5, 0.6) is 0 Å². The molecule has 0 fully saturated rings. The average molecular weight is 168 g/mol. The second-order valence-electron chi connectivity index (χ2n) is 4.77. The quantitative estimate of drug-likeness (QED) is 0.575. The molecule has 0 heterocycles. The Morgan fingerprint density at radius 1 is 1.42 bits per heavy atom. The molecule has 12 heavy (non-hydrogen) atoms. The SMILES string of the molecule is CC(C)(C)COC1C=CCCC1. The lowest BCUT2D eigenvalue weighted by molar-refractivity contribution is 0.0267. The van der Waals surface area contributed by atoms with Crippen molar-refractivity contribution >= 4 is 0 Å². The third kappa shape index (κ3) is 3.91. The maximum absolute atomic E-state index is 5.76. The molecule has 0 aliphatic heterocycles. The van der Waals surface area contributed by atoms with Gasteiger partial charge in [0.25, 0.3) is 0 Å². The number of ether oxygens (including phenoxy) is 1. The summed E-state index contributed by atoms with van der Waals surface area (Å²) < 4.78 is 5.76. The lowest BCUT2D eigenvalue weighted by atomic mass is 9.98. The first-order chi connectivity index (χ1) is 5.58. The van der Waals surface area contributed by atoms with Crippen molar-refractivity contribution < 1.29 is 4.74 Å². The summed E-state index contributed by atoms with van der Waals surface area (Å²) in [7, 11) is 0. The van der Waals surface area contributed by atoms with Crippen LogP contribution >= 0.6 is 0 Å². The number of rotatable bonds is 2. The summed E-state index contributed by atoms with van der Waals surface area (Å²) in [6.45, 7) is 7.49. The Balaban J connectivity index is 2.22. The van der Waals surface area contributed by atoms with E-state index in [1.807, 2.05) is 0 Å². The Hall–Kier alpha value is -0.300. The van der Waals surface area contributed by atoms with Gasteiger partial charge in [-0.3, -0.25) is 0 Å². The molecule has 0 aromatic rings. The summed E-state index contributed by atoms with van der Waals surface area (Å²) >= 11 is 0. The van der Waals surface area contributed by atoms with Crippen molar-refractivity contribution in [3.63, 3.8) is 0 Å². The smallest absolute Gasteiger partial charge is 0.0756 e. The van der Waals surface area contributed by atoms with Crippen LogP contribution in [0.4, 0.5) is 0 Å². The van der Waals surface area contributed by atoms with Gasteiger partial charge in [0.2, 0.25) is 0 Å². The lowest BCUT2D eigenvalue weighted by Gasteiger charge is -2.23. The van der Waals surface area contributed by atoms with Crippen LogP contribution in [0, 0.1) is 5.41 Å². The van der Waals surface area contributed by atoms with Crippen LogP contribution < -0.4 is 0 Å². The standard InChI is InChI=1S/C11H20O/c1-11(2,3)9-12-10-7-5-4-6-8-10/h5,7,10H,4,6,8-9H2,1-3H3. The van der Waals surface area contributed by atoms with Gasteiger partial charge in [-0.2, -0.15) is 0 Å². The lowest BCUT2D eigenvalue weighted by Crippen LogP contribution is -2.21. The predicted octanol–water partition coefficient (Wildman–Crippen LogP) is 3.16. The van der Waals surface area contributed by atoms with Crippen LogP contribution in [0.15, 0.2) is 12.2 Å². The summed E-state index contributed by atoms with van der Waals surface area (Å²) in [6, 6.07) is 0. The first-order valence-corrected chi connectivity index (χ1v) is 4.86. The normalized spacial score (nSPS) is 24.4. The fourth-order valence-corrected chi connectivity index (χ4v) is 1.28. The highest BCUT2D eigenvalue weighted by molar-refractivity contribution is 4.94. The second kappa shape index (κ2) is 4.08. The minimum atomic E-state index is 0.297. The van der Waals surface area contributed by atoms with Gasteiger partial charge in [0.1, 0.15) is 0 Å². The van der Waals surface area contributed by atoms with Crippen LogP contribution in [-0.2, 0) is 4.74 Å². The van der Waals surface area contributed by atoms with Crippen LogP contribution in [0.25, 0.3) is 0 Å². The molecule has 1 rings (SSSR count). The Labute approximate surface area is 75.8 Å². The molecule has 1 atom stereocenters.